The Hall–Kier alpha value is -1.68. The second-order valence-electron chi connectivity index (χ2n) is 4.67. The summed E-state index contributed by atoms with van der Waals surface area (Å²) < 4.78 is 5.38. The number of aryl methyl sites for hydroxylation is 1. The SMILES string of the molecule is C=C/C(C)=C\C[C@H](OC(C)=O)/C(C)=C/c1csc(C)n1. The van der Waals surface area contributed by atoms with Crippen LogP contribution in [0, 0.1) is 6.92 Å². The highest BCUT2D eigenvalue weighted by Gasteiger charge is 2.13. The van der Waals surface area contributed by atoms with Crippen LogP contribution in [0.5, 0.6) is 0 Å². The predicted molar refractivity (Wildman–Crippen MR) is 84.6 cm³/mol. The van der Waals surface area contributed by atoms with Gasteiger partial charge in [0, 0.05) is 18.7 Å². The fraction of sp³-hybridized carbons (Fsp3) is 0.375. The Bertz CT molecular complexity index is 540. The molecule has 0 saturated carbocycles. The van der Waals surface area contributed by atoms with E-state index in [1.807, 2.05) is 38.3 Å². The van der Waals surface area contributed by atoms with Gasteiger partial charge >= 0.3 is 5.97 Å². The molecular formula is C16H21NO2S. The summed E-state index contributed by atoms with van der Waals surface area (Å²) in [5.74, 6) is -0.276. The first kappa shape index (κ1) is 16.4. The molecule has 1 rings (SSSR count). The molecule has 0 bridgehead atoms. The maximum atomic E-state index is 11.2. The Kier molecular flexibility index (Phi) is 6.39. The number of thiazole rings is 1. The second kappa shape index (κ2) is 7.80. The molecule has 1 atom stereocenters. The molecule has 3 nitrogen and oxygen atoms in total. The van der Waals surface area contributed by atoms with Gasteiger partial charge in [-0.1, -0.05) is 24.3 Å². The average molecular weight is 291 g/mol. The first-order chi connectivity index (χ1) is 9.42. The number of rotatable bonds is 6. The van der Waals surface area contributed by atoms with Crippen LogP contribution in [0.25, 0.3) is 6.08 Å². The van der Waals surface area contributed by atoms with E-state index in [1.54, 1.807) is 17.4 Å². The number of aromatic nitrogens is 1. The lowest BCUT2D eigenvalue weighted by Crippen LogP contribution is -2.17. The van der Waals surface area contributed by atoms with Crippen molar-refractivity contribution in [1.82, 2.24) is 4.98 Å². The molecular weight excluding hydrogens is 270 g/mol. The van der Waals surface area contributed by atoms with Gasteiger partial charge in [-0.15, -0.1) is 11.3 Å². The molecule has 0 saturated heterocycles. The van der Waals surface area contributed by atoms with Crippen molar-refractivity contribution in [1.29, 1.82) is 0 Å². The van der Waals surface area contributed by atoms with Gasteiger partial charge in [-0.2, -0.15) is 0 Å². The van der Waals surface area contributed by atoms with E-state index in [0.717, 1.165) is 21.8 Å². The van der Waals surface area contributed by atoms with Crippen molar-refractivity contribution < 1.29 is 9.53 Å². The van der Waals surface area contributed by atoms with Crippen LogP contribution in [0.3, 0.4) is 0 Å². The maximum absolute atomic E-state index is 11.2. The number of esters is 1. The standard InChI is InChI=1S/C16H21NO2S/c1-6-11(2)7-8-16(19-14(5)18)12(3)9-15-10-20-13(4)17-15/h6-7,9-10,16H,1,8H2,2-5H3/b11-7-,12-9+/t16-/m0/s1. The van der Waals surface area contributed by atoms with Crippen LogP contribution in [0.1, 0.15) is 37.9 Å². The molecule has 4 heteroatoms. The van der Waals surface area contributed by atoms with E-state index < -0.39 is 0 Å². The molecule has 0 radical (unpaired) electrons. The number of nitrogens with zero attached hydrogens (tertiary/aromatic N) is 1. The molecule has 0 spiro atoms. The quantitative estimate of drug-likeness (QED) is 0.579. The molecule has 1 aromatic rings. The summed E-state index contributed by atoms with van der Waals surface area (Å²) in [6.07, 6.45) is 6.15. The number of carbonyl (C=O) groups is 1. The number of hydrogen-bond donors (Lipinski definition) is 0. The van der Waals surface area contributed by atoms with E-state index in [4.69, 9.17) is 4.74 Å². The third-order valence-electron chi connectivity index (χ3n) is 2.80. The minimum Gasteiger partial charge on any atom is -0.458 e. The number of ether oxygens (including phenoxy) is 1. The van der Waals surface area contributed by atoms with Crippen molar-refractivity contribution in [3.05, 3.63) is 46.0 Å². The molecule has 0 unspecified atom stereocenters. The zero-order valence-corrected chi connectivity index (χ0v) is 13.3. The van der Waals surface area contributed by atoms with E-state index in [2.05, 4.69) is 11.6 Å². The Balaban J connectivity index is 2.88. The van der Waals surface area contributed by atoms with Gasteiger partial charge < -0.3 is 4.74 Å². The van der Waals surface area contributed by atoms with E-state index >= 15 is 0 Å². The molecule has 0 aliphatic carbocycles. The van der Waals surface area contributed by atoms with E-state index in [9.17, 15) is 4.79 Å². The third-order valence-corrected chi connectivity index (χ3v) is 3.60. The van der Waals surface area contributed by atoms with Gasteiger partial charge in [0.15, 0.2) is 0 Å². The summed E-state index contributed by atoms with van der Waals surface area (Å²) in [4.78, 5) is 15.6. The van der Waals surface area contributed by atoms with Crippen LogP contribution in [0.4, 0.5) is 0 Å². The number of hydrogen-bond acceptors (Lipinski definition) is 4. The van der Waals surface area contributed by atoms with Crippen molar-refractivity contribution in [2.45, 2.75) is 40.2 Å². The van der Waals surface area contributed by atoms with Crippen LogP contribution in [-0.2, 0) is 9.53 Å². The highest BCUT2D eigenvalue weighted by molar-refractivity contribution is 7.09. The Morgan fingerprint density at radius 3 is 2.70 bits per heavy atom. The molecule has 0 amide bonds. The van der Waals surface area contributed by atoms with Gasteiger partial charge in [0.2, 0.25) is 0 Å². The lowest BCUT2D eigenvalue weighted by molar-refractivity contribution is -0.144. The van der Waals surface area contributed by atoms with Crippen molar-refractivity contribution in [3.63, 3.8) is 0 Å². The molecule has 108 valence electrons. The maximum Gasteiger partial charge on any atom is 0.303 e. The first-order valence-electron chi connectivity index (χ1n) is 6.49. The fourth-order valence-electron chi connectivity index (χ4n) is 1.68. The van der Waals surface area contributed by atoms with Crippen molar-refractivity contribution in [3.8, 4) is 0 Å². The highest BCUT2D eigenvalue weighted by atomic mass is 32.1. The summed E-state index contributed by atoms with van der Waals surface area (Å²) in [6.45, 7) is 11.0. The van der Waals surface area contributed by atoms with Crippen LogP contribution < -0.4 is 0 Å². The molecule has 0 N–H and O–H groups in total. The first-order valence-corrected chi connectivity index (χ1v) is 7.37. The van der Waals surface area contributed by atoms with E-state index in [1.165, 1.54) is 6.92 Å². The summed E-state index contributed by atoms with van der Waals surface area (Å²) in [7, 11) is 0. The molecule has 0 aliphatic rings. The van der Waals surface area contributed by atoms with Crippen molar-refractivity contribution in [2.24, 2.45) is 0 Å². The van der Waals surface area contributed by atoms with Crippen LogP contribution in [0.15, 0.2) is 35.3 Å². The fourth-order valence-corrected chi connectivity index (χ4v) is 2.25. The monoisotopic (exact) mass is 291 g/mol. The topological polar surface area (TPSA) is 39.2 Å². The largest absolute Gasteiger partial charge is 0.458 e. The lowest BCUT2D eigenvalue weighted by Gasteiger charge is -2.16. The minimum absolute atomic E-state index is 0.260. The molecule has 1 heterocycles. The Morgan fingerprint density at radius 1 is 1.50 bits per heavy atom. The van der Waals surface area contributed by atoms with Gasteiger partial charge in [0.05, 0.1) is 10.7 Å². The second-order valence-corrected chi connectivity index (χ2v) is 5.73. The highest BCUT2D eigenvalue weighted by Crippen LogP contribution is 2.18. The van der Waals surface area contributed by atoms with E-state index in [-0.39, 0.29) is 12.1 Å². The predicted octanol–water partition coefficient (Wildman–Crippen LogP) is 4.31. The Labute approximate surface area is 124 Å². The van der Waals surface area contributed by atoms with Crippen molar-refractivity contribution >= 4 is 23.4 Å². The summed E-state index contributed by atoms with van der Waals surface area (Å²) in [6, 6.07) is 0. The average Bonchev–Trinajstić information content (AvgIpc) is 2.78. The van der Waals surface area contributed by atoms with Gasteiger partial charge in [-0.3, -0.25) is 4.79 Å². The summed E-state index contributed by atoms with van der Waals surface area (Å²) >= 11 is 1.61. The van der Waals surface area contributed by atoms with E-state index in [0.29, 0.717) is 6.42 Å². The Morgan fingerprint density at radius 2 is 2.20 bits per heavy atom. The zero-order chi connectivity index (χ0) is 15.1. The summed E-state index contributed by atoms with van der Waals surface area (Å²) in [5, 5.41) is 3.02. The number of carbonyl (C=O) groups excluding carboxylic acids is 1. The minimum atomic E-state index is -0.276. The zero-order valence-electron chi connectivity index (χ0n) is 12.5. The molecule has 20 heavy (non-hydrogen) atoms. The van der Waals surface area contributed by atoms with Gasteiger partial charge in [0.25, 0.3) is 0 Å². The smallest absolute Gasteiger partial charge is 0.303 e. The normalized spacial score (nSPS) is 14.0. The molecule has 1 aromatic heterocycles. The molecule has 0 aromatic carbocycles. The van der Waals surface area contributed by atoms with Crippen LogP contribution in [-0.4, -0.2) is 17.1 Å². The van der Waals surface area contributed by atoms with Gasteiger partial charge in [-0.25, -0.2) is 4.98 Å². The van der Waals surface area contributed by atoms with Gasteiger partial charge in [-0.05, 0) is 32.4 Å². The van der Waals surface area contributed by atoms with Gasteiger partial charge in [0.1, 0.15) is 6.10 Å². The third kappa shape index (κ3) is 5.53. The van der Waals surface area contributed by atoms with Crippen LogP contribution >= 0.6 is 11.3 Å². The van der Waals surface area contributed by atoms with Crippen molar-refractivity contribution in [2.75, 3.05) is 0 Å². The lowest BCUT2D eigenvalue weighted by atomic mass is 10.1. The number of allylic oxidation sites excluding steroid dienone is 2. The summed E-state index contributed by atoms with van der Waals surface area (Å²) in [5.41, 5.74) is 2.96. The van der Waals surface area contributed by atoms with Crippen LogP contribution in [0.2, 0.25) is 0 Å². The molecule has 0 fully saturated rings. The molecule has 0 aliphatic heterocycles.